The zero-order valence-corrected chi connectivity index (χ0v) is 10.5. The second kappa shape index (κ2) is 4.34. The maximum Gasteiger partial charge on any atom is 0.222 e. The van der Waals surface area contributed by atoms with Gasteiger partial charge in [0, 0.05) is 11.9 Å². The van der Waals surface area contributed by atoms with Gasteiger partial charge >= 0.3 is 0 Å². The smallest absolute Gasteiger partial charge is 0.222 e. The molecule has 1 heterocycles. The Labute approximate surface area is 102 Å². The van der Waals surface area contributed by atoms with E-state index in [9.17, 15) is 0 Å². The van der Waals surface area contributed by atoms with Crippen LogP contribution >= 0.6 is 0 Å². The number of hydrogen-bond donors (Lipinski definition) is 1. The van der Waals surface area contributed by atoms with Gasteiger partial charge in [-0.1, -0.05) is 18.2 Å². The van der Waals surface area contributed by atoms with E-state index in [1.165, 1.54) is 0 Å². The summed E-state index contributed by atoms with van der Waals surface area (Å²) in [4.78, 5) is 4.46. The predicted molar refractivity (Wildman–Crippen MR) is 70.0 cm³/mol. The standard InChI is InChI=1S/C14H18N2O/c1-14(2,3)17-13-12-7-5-4-6-10(12)8-11(9-15)16-13/h4-8H,9,15H2,1-3H3. The first-order chi connectivity index (χ1) is 7.99. The van der Waals surface area contributed by atoms with E-state index >= 15 is 0 Å². The van der Waals surface area contributed by atoms with Crippen molar-refractivity contribution < 1.29 is 4.74 Å². The summed E-state index contributed by atoms with van der Waals surface area (Å²) in [6, 6.07) is 10.1. The largest absolute Gasteiger partial charge is 0.471 e. The zero-order valence-electron chi connectivity index (χ0n) is 10.5. The Morgan fingerprint density at radius 3 is 2.59 bits per heavy atom. The van der Waals surface area contributed by atoms with Crippen LogP contribution in [-0.2, 0) is 6.54 Å². The van der Waals surface area contributed by atoms with Gasteiger partial charge in [-0.05, 0) is 38.3 Å². The van der Waals surface area contributed by atoms with E-state index in [2.05, 4.69) is 4.98 Å². The SMILES string of the molecule is CC(C)(C)Oc1nc(CN)cc2ccccc12. The van der Waals surface area contributed by atoms with Crippen LogP contribution in [0.5, 0.6) is 5.88 Å². The lowest BCUT2D eigenvalue weighted by molar-refractivity contribution is 0.126. The van der Waals surface area contributed by atoms with Gasteiger partial charge in [-0.15, -0.1) is 0 Å². The fourth-order valence-corrected chi connectivity index (χ4v) is 1.69. The van der Waals surface area contributed by atoms with Crippen LogP contribution in [0.4, 0.5) is 0 Å². The van der Waals surface area contributed by atoms with Crippen LogP contribution in [0.1, 0.15) is 26.5 Å². The minimum Gasteiger partial charge on any atom is -0.471 e. The number of hydrogen-bond acceptors (Lipinski definition) is 3. The summed E-state index contributed by atoms with van der Waals surface area (Å²) < 4.78 is 5.89. The van der Waals surface area contributed by atoms with Crippen molar-refractivity contribution in [3.05, 3.63) is 36.0 Å². The zero-order chi connectivity index (χ0) is 12.5. The molecule has 2 rings (SSSR count). The van der Waals surface area contributed by atoms with Crippen LogP contribution in [0.2, 0.25) is 0 Å². The number of benzene rings is 1. The molecule has 2 aromatic rings. The number of nitrogens with two attached hydrogens (primary N) is 1. The predicted octanol–water partition coefficient (Wildman–Crippen LogP) is 2.87. The van der Waals surface area contributed by atoms with E-state index in [-0.39, 0.29) is 5.60 Å². The molecule has 2 N–H and O–H groups in total. The molecule has 0 atom stereocenters. The molecule has 0 amide bonds. The molecule has 0 saturated heterocycles. The quantitative estimate of drug-likeness (QED) is 0.863. The summed E-state index contributed by atoms with van der Waals surface area (Å²) in [5.74, 6) is 0.663. The summed E-state index contributed by atoms with van der Waals surface area (Å²) in [6.07, 6.45) is 0. The maximum absolute atomic E-state index is 5.89. The van der Waals surface area contributed by atoms with Gasteiger partial charge in [0.15, 0.2) is 0 Å². The third-order valence-electron chi connectivity index (χ3n) is 2.37. The number of rotatable bonds is 2. The van der Waals surface area contributed by atoms with Crippen molar-refractivity contribution in [1.29, 1.82) is 0 Å². The Bertz CT molecular complexity index is 529. The monoisotopic (exact) mass is 230 g/mol. The lowest BCUT2D eigenvalue weighted by Crippen LogP contribution is -2.24. The molecule has 0 saturated carbocycles. The van der Waals surface area contributed by atoms with Crippen molar-refractivity contribution in [3.8, 4) is 5.88 Å². The molecule has 0 unspecified atom stereocenters. The molecule has 1 aromatic carbocycles. The molecule has 3 nitrogen and oxygen atoms in total. The summed E-state index contributed by atoms with van der Waals surface area (Å²) in [5.41, 5.74) is 6.24. The highest BCUT2D eigenvalue weighted by Gasteiger charge is 2.15. The van der Waals surface area contributed by atoms with Crippen molar-refractivity contribution in [2.45, 2.75) is 32.9 Å². The highest BCUT2D eigenvalue weighted by Crippen LogP contribution is 2.27. The Morgan fingerprint density at radius 2 is 1.94 bits per heavy atom. The normalized spacial score (nSPS) is 11.8. The maximum atomic E-state index is 5.89. The van der Waals surface area contributed by atoms with E-state index in [0.717, 1.165) is 16.5 Å². The van der Waals surface area contributed by atoms with Crippen LogP contribution in [0.3, 0.4) is 0 Å². The Balaban J connectivity index is 2.58. The van der Waals surface area contributed by atoms with Crippen molar-refractivity contribution >= 4 is 10.8 Å². The summed E-state index contributed by atoms with van der Waals surface area (Å²) in [7, 11) is 0. The molecule has 0 bridgehead atoms. The minimum atomic E-state index is -0.261. The van der Waals surface area contributed by atoms with Gasteiger partial charge in [-0.2, -0.15) is 0 Å². The first-order valence-corrected chi connectivity index (χ1v) is 5.77. The minimum absolute atomic E-state index is 0.261. The molecule has 0 aliphatic heterocycles. The molecule has 17 heavy (non-hydrogen) atoms. The van der Waals surface area contributed by atoms with Crippen LogP contribution < -0.4 is 10.5 Å². The lowest BCUT2D eigenvalue weighted by atomic mass is 10.1. The fourth-order valence-electron chi connectivity index (χ4n) is 1.69. The fraction of sp³-hybridized carbons (Fsp3) is 0.357. The number of aromatic nitrogens is 1. The molecular weight excluding hydrogens is 212 g/mol. The average Bonchev–Trinajstić information content (AvgIpc) is 2.26. The van der Waals surface area contributed by atoms with E-state index in [0.29, 0.717) is 12.4 Å². The van der Waals surface area contributed by atoms with Crippen LogP contribution in [0, 0.1) is 0 Å². The van der Waals surface area contributed by atoms with E-state index in [1.54, 1.807) is 0 Å². The van der Waals surface area contributed by atoms with Crippen molar-refractivity contribution in [2.75, 3.05) is 0 Å². The van der Waals surface area contributed by atoms with Gasteiger partial charge in [-0.3, -0.25) is 0 Å². The molecular formula is C14H18N2O. The highest BCUT2D eigenvalue weighted by atomic mass is 16.5. The topological polar surface area (TPSA) is 48.1 Å². The van der Waals surface area contributed by atoms with Crippen LogP contribution in [0.15, 0.2) is 30.3 Å². The Hall–Kier alpha value is -1.61. The van der Waals surface area contributed by atoms with Crippen molar-refractivity contribution in [2.24, 2.45) is 5.73 Å². The molecule has 0 spiro atoms. The first kappa shape index (κ1) is 11.9. The number of fused-ring (bicyclic) bond motifs is 1. The van der Waals surface area contributed by atoms with Gasteiger partial charge in [0.25, 0.3) is 0 Å². The van der Waals surface area contributed by atoms with Gasteiger partial charge < -0.3 is 10.5 Å². The summed E-state index contributed by atoms with van der Waals surface area (Å²) in [5, 5.41) is 2.14. The molecule has 1 aromatic heterocycles. The number of pyridine rings is 1. The van der Waals surface area contributed by atoms with E-state index < -0.39 is 0 Å². The third kappa shape index (κ3) is 2.74. The summed E-state index contributed by atoms with van der Waals surface area (Å²) >= 11 is 0. The molecule has 0 radical (unpaired) electrons. The molecule has 0 aliphatic carbocycles. The molecule has 0 aliphatic rings. The Kier molecular flexibility index (Phi) is 3.03. The van der Waals surface area contributed by atoms with Crippen LogP contribution in [0.25, 0.3) is 10.8 Å². The average molecular weight is 230 g/mol. The van der Waals surface area contributed by atoms with Gasteiger partial charge in [0.2, 0.25) is 5.88 Å². The van der Waals surface area contributed by atoms with Gasteiger partial charge in [-0.25, -0.2) is 4.98 Å². The third-order valence-corrected chi connectivity index (χ3v) is 2.37. The number of ether oxygens (including phenoxy) is 1. The highest BCUT2D eigenvalue weighted by molar-refractivity contribution is 5.87. The molecule has 90 valence electrons. The molecule has 3 heteroatoms. The van der Waals surface area contributed by atoms with E-state index in [4.69, 9.17) is 10.5 Å². The summed E-state index contributed by atoms with van der Waals surface area (Å²) in [6.45, 7) is 6.46. The first-order valence-electron chi connectivity index (χ1n) is 5.77. The van der Waals surface area contributed by atoms with E-state index in [1.807, 2.05) is 51.1 Å². The second-order valence-electron chi connectivity index (χ2n) is 5.06. The van der Waals surface area contributed by atoms with Crippen molar-refractivity contribution in [1.82, 2.24) is 4.98 Å². The van der Waals surface area contributed by atoms with Crippen molar-refractivity contribution in [3.63, 3.8) is 0 Å². The molecule has 0 fully saturated rings. The van der Waals surface area contributed by atoms with Gasteiger partial charge in [0.1, 0.15) is 5.60 Å². The lowest BCUT2D eigenvalue weighted by Gasteiger charge is -2.21. The number of nitrogens with zero attached hydrogens (tertiary/aromatic N) is 1. The Morgan fingerprint density at radius 1 is 1.24 bits per heavy atom. The second-order valence-corrected chi connectivity index (χ2v) is 5.06. The van der Waals surface area contributed by atoms with Gasteiger partial charge in [0.05, 0.1) is 5.69 Å². The van der Waals surface area contributed by atoms with Crippen LogP contribution in [-0.4, -0.2) is 10.6 Å².